The van der Waals surface area contributed by atoms with Gasteiger partial charge in [-0.3, -0.25) is 0 Å². The molecular formula is C41H25N3O. The number of furan rings is 1. The van der Waals surface area contributed by atoms with Crippen LogP contribution in [-0.2, 0) is 0 Å². The summed E-state index contributed by atoms with van der Waals surface area (Å²) in [4.78, 5) is 15.0. The van der Waals surface area contributed by atoms with Crippen molar-refractivity contribution in [1.82, 2.24) is 15.0 Å². The third-order valence-corrected chi connectivity index (χ3v) is 8.20. The first-order valence-electron chi connectivity index (χ1n) is 17.1. The van der Waals surface area contributed by atoms with E-state index in [0.29, 0.717) is 39.8 Å². The Bertz CT molecular complexity index is 2810. The minimum absolute atomic E-state index is 0.0955. The fourth-order valence-electron chi connectivity index (χ4n) is 6.10. The van der Waals surface area contributed by atoms with Crippen LogP contribution in [0, 0.1) is 0 Å². The van der Waals surface area contributed by atoms with E-state index in [0.717, 1.165) is 43.4 Å². The third-order valence-electron chi connectivity index (χ3n) is 8.20. The summed E-state index contributed by atoms with van der Waals surface area (Å²) in [5.41, 5.74) is 3.97. The maximum atomic E-state index is 8.57. The van der Waals surface area contributed by atoms with Gasteiger partial charge in [-0.2, -0.15) is 0 Å². The van der Waals surface area contributed by atoms with Crippen molar-refractivity contribution in [2.75, 3.05) is 0 Å². The van der Waals surface area contributed by atoms with E-state index >= 15 is 0 Å². The van der Waals surface area contributed by atoms with Gasteiger partial charge in [0.15, 0.2) is 17.5 Å². The van der Waals surface area contributed by atoms with Crippen molar-refractivity contribution < 1.29 is 11.3 Å². The molecule has 0 atom stereocenters. The lowest BCUT2D eigenvalue weighted by molar-refractivity contribution is 0.670. The van der Waals surface area contributed by atoms with Gasteiger partial charge in [-0.05, 0) is 45.3 Å². The number of nitrogens with zero attached hydrogens (tertiary/aromatic N) is 3. The monoisotopic (exact) mass is 580 g/mol. The molecule has 0 unspecified atom stereocenters. The summed E-state index contributed by atoms with van der Waals surface area (Å²) in [6, 6.07) is 37.9. The van der Waals surface area contributed by atoms with E-state index in [2.05, 4.69) is 30.3 Å². The highest BCUT2D eigenvalue weighted by Gasteiger charge is 2.18. The number of para-hydroxylation sites is 1. The fourth-order valence-corrected chi connectivity index (χ4v) is 6.10. The van der Waals surface area contributed by atoms with Gasteiger partial charge in [-0.25, -0.2) is 15.0 Å². The van der Waals surface area contributed by atoms with Crippen LogP contribution in [0.3, 0.4) is 0 Å². The van der Waals surface area contributed by atoms with Gasteiger partial charge < -0.3 is 4.42 Å². The van der Waals surface area contributed by atoms with E-state index in [-0.39, 0.29) is 17.6 Å². The van der Waals surface area contributed by atoms with E-state index in [9.17, 15) is 0 Å². The molecule has 0 N–H and O–H groups in total. The average Bonchev–Trinajstić information content (AvgIpc) is 3.55. The van der Waals surface area contributed by atoms with Crippen LogP contribution in [0.1, 0.15) is 6.85 Å². The number of benzene rings is 7. The maximum absolute atomic E-state index is 8.57. The number of hydrogen-bond acceptors (Lipinski definition) is 4. The molecule has 0 saturated heterocycles. The molecule has 210 valence electrons. The van der Waals surface area contributed by atoms with Crippen LogP contribution in [-0.4, -0.2) is 15.0 Å². The van der Waals surface area contributed by atoms with E-state index in [1.54, 1.807) is 12.1 Å². The normalized spacial score (nSPS) is 13.1. The molecule has 9 aromatic rings. The van der Waals surface area contributed by atoms with Gasteiger partial charge in [0, 0.05) is 33.0 Å². The highest BCUT2D eigenvalue weighted by molar-refractivity contribution is 6.13. The fraction of sp³-hybridized carbons (Fsp3) is 0. The zero-order valence-corrected chi connectivity index (χ0v) is 23.8. The first kappa shape index (κ1) is 20.7. The summed E-state index contributed by atoms with van der Waals surface area (Å²) in [6.07, 6.45) is 0. The molecule has 4 nitrogen and oxygen atoms in total. The van der Waals surface area contributed by atoms with Gasteiger partial charge in [0.2, 0.25) is 0 Å². The van der Waals surface area contributed by atoms with Crippen molar-refractivity contribution in [3.63, 3.8) is 0 Å². The summed E-state index contributed by atoms with van der Waals surface area (Å²) in [5, 5.41) is 5.97. The molecule has 0 aliphatic heterocycles. The molecule has 0 amide bonds. The van der Waals surface area contributed by atoms with Gasteiger partial charge >= 0.3 is 0 Å². The number of rotatable bonds is 4. The first-order valence-corrected chi connectivity index (χ1v) is 14.6. The van der Waals surface area contributed by atoms with E-state index in [1.807, 2.05) is 78.9 Å². The molecule has 0 radical (unpaired) electrons. The van der Waals surface area contributed by atoms with Crippen molar-refractivity contribution in [1.29, 1.82) is 0 Å². The van der Waals surface area contributed by atoms with E-state index < -0.39 is 18.1 Å². The largest absolute Gasteiger partial charge is 0.455 e. The molecule has 0 aliphatic rings. The first-order chi connectivity index (χ1) is 24.4. The van der Waals surface area contributed by atoms with Gasteiger partial charge in [-0.1, -0.05) is 133 Å². The van der Waals surface area contributed by atoms with Crippen LogP contribution in [0.15, 0.2) is 156 Å². The lowest BCUT2D eigenvalue weighted by atomic mass is 9.97. The number of hydrogen-bond donors (Lipinski definition) is 0. The lowest BCUT2D eigenvalue weighted by Crippen LogP contribution is -2.00. The Labute approximate surface area is 266 Å². The Morgan fingerprint density at radius 3 is 1.98 bits per heavy atom. The molecule has 2 heterocycles. The molecule has 0 spiro atoms. The lowest BCUT2D eigenvalue weighted by Gasteiger charge is -2.12. The van der Waals surface area contributed by atoms with Crippen LogP contribution in [0.5, 0.6) is 0 Å². The van der Waals surface area contributed by atoms with Crippen LogP contribution >= 0.6 is 0 Å². The van der Waals surface area contributed by atoms with Gasteiger partial charge in [0.25, 0.3) is 0 Å². The molecule has 0 saturated carbocycles. The van der Waals surface area contributed by atoms with Crippen LogP contribution in [0.25, 0.3) is 88.8 Å². The van der Waals surface area contributed by atoms with Crippen molar-refractivity contribution in [2.45, 2.75) is 0 Å². The molecule has 4 heteroatoms. The molecule has 0 fully saturated rings. The second kappa shape index (κ2) is 10.2. The molecule has 9 rings (SSSR count). The Balaban J connectivity index is 1.26. The van der Waals surface area contributed by atoms with Gasteiger partial charge in [0.1, 0.15) is 11.2 Å². The Kier molecular flexibility index (Phi) is 4.72. The average molecular weight is 581 g/mol. The van der Waals surface area contributed by atoms with Gasteiger partial charge in [0.05, 0.1) is 6.85 Å². The summed E-state index contributed by atoms with van der Waals surface area (Å²) in [5.74, 6) is 1.55. The molecule has 0 bridgehead atoms. The van der Waals surface area contributed by atoms with Crippen LogP contribution < -0.4 is 0 Å². The van der Waals surface area contributed by atoms with Gasteiger partial charge in [-0.15, -0.1) is 0 Å². The van der Waals surface area contributed by atoms with E-state index in [1.165, 1.54) is 0 Å². The third kappa shape index (κ3) is 4.27. The quantitative estimate of drug-likeness (QED) is 0.194. The van der Waals surface area contributed by atoms with Crippen molar-refractivity contribution >= 4 is 43.5 Å². The van der Waals surface area contributed by atoms with Crippen molar-refractivity contribution in [3.05, 3.63) is 152 Å². The summed E-state index contributed by atoms with van der Waals surface area (Å²) < 4.78 is 48.0. The zero-order chi connectivity index (χ0) is 34.1. The molecule has 2 aromatic heterocycles. The zero-order valence-electron chi connectivity index (χ0n) is 28.8. The van der Waals surface area contributed by atoms with Crippen molar-refractivity contribution in [3.8, 4) is 45.3 Å². The topological polar surface area (TPSA) is 51.8 Å². The summed E-state index contributed by atoms with van der Waals surface area (Å²) in [7, 11) is 0. The van der Waals surface area contributed by atoms with Crippen LogP contribution in [0.2, 0.25) is 0 Å². The molecular weight excluding hydrogens is 550 g/mol. The van der Waals surface area contributed by atoms with E-state index in [4.69, 9.17) is 26.2 Å². The molecule has 7 aromatic carbocycles. The standard InChI is InChI=1S/C41H25N3O/c1-3-12-26(13-4-1)31-20-11-21-35-34-23-22-29(25-37(34)45-38(31)35)40-42-39(27-14-5-2-6-15-27)43-41(44-40)36-24-28-16-7-8-17-30(28)32-18-9-10-19-33(32)36/h1-25H/i1D,3D,4D,12D,13D. The minimum Gasteiger partial charge on any atom is -0.455 e. The maximum Gasteiger partial charge on any atom is 0.164 e. The second-order valence-electron chi connectivity index (χ2n) is 10.9. The number of aromatic nitrogens is 3. The smallest absolute Gasteiger partial charge is 0.164 e. The predicted octanol–water partition coefficient (Wildman–Crippen LogP) is 10.7. The predicted molar refractivity (Wildman–Crippen MR) is 184 cm³/mol. The highest BCUT2D eigenvalue weighted by Crippen LogP contribution is 2.38. The molecule has 0 aliphatic carbocycles. The summed E-state index contributed by atoms with van der Waals surface area (Å²) in [6.45, 7) is 0. The highest BCUT2D eigenvalue weighted by atomic mass is 16.3. The Morgan fingerprint density at radius 1 is 0.444 bits per heavy atom. The number of fused-ring (bicyclic) bond motifs is 6. The SMILES string of the molecule is [2H]c1c([2H])c([2H])c(-c2cccc3c2oc2cc(-c4nc(-c5ccccc5)nc(-c5cc6ccccc6c6ccccc56)n4)ccc23)c([2H])c1[2H]. The Hall–Kier alpha value is -6.13. The molecule has 45 heavy (non-hydrogen) atoms. The minimum atomic E-state index is -0.437. The van der Waals surface area contributed by atoms with Crippen LogP contribution in [0.4, 0.5) is 0 Å². The van der Waals surface area contributed by atoms with Crippen molar-refractivity contribution in [2.24, 2.45) is 0 Å². The Morgan fingerprint density at radius 2 is 1.13 bits per heavy atom. The second-order valence-corrected chi connectivity index (χ2v) is 10.9. The summed E-state index contributed by atoms with van der Waals surface area (Å²) >= 11 is 0.